The number of allylic oxidation sites excluding steroid dienone is 8. The summed E-state index contributed by atoms with van der Waals surface area (Å²) in [6.07, 6.45) is 5.42. The fraction of sp³-hybridized carbons (Fsp3) is 0.675. The molecule has 0 aromatic heterocycles. The second kappa shape index (κ2) is 22.6. The fourth-order valence-corrected chi connectivity index (χ4v) is 6.89. The molecule has 0 saturated carbocycles. The van der Waals surface area contributed by atoms with E-state index in [9.17, 15) is 50.1 Å². The van der Waals surface area contributed by atoms with Gasteiger partial charge in [-0.05, 0) is 25.7 Å². The predicted octanol–water partition coefficient (Wildman–Crippen LogP) is 1.87. The topological polar surface area (TPSA) is 256 Å². The smallest absolute Gasteiger partial charge is 0.311 e. The van der Waals surface area contributed by atoms with E-state index < -0.39 is 104 Å². The van der Waals surface area contributed by atoms with Crippen LogP contribution in [0.25, 0.3) is 0 Å². The summed E-state index contributed by atoms with van der Waals surface area (Å²) in [6, 6.07) is -1.10. The van der Waals surface area contributed by atoms with Gasteiger partial charge < -0.3 is 60.4 Å². The zero-order valence-corrected chi connectivity index (χ0v) is 31.9. The summed E-state index contributed by atoms with van der Waals surface area (Å²) in [4.78, 5) is 37.6. The molecule has 0 aromatic carbocycles. The van der Waals surface area contributed by atoms with Gasteiger partial charge in [-0.15, -0.1) is 0 Å². The summed E-state index contributed by atoms with van der Waals surface area (Å²) < 4.78 is 23.3. The molecule has 310 valence electrons. The van der Waals surface area contributed by atoms with Crippen LogP contribution in [-0.4, -0.2) is 127 Å². The van der Waals surface area contributed by atoms with Crippen molar-refractivity contribution in [2.24, 2.45) is 17.6 Å². The molecule has 0 radical (unpaired) electrons. The van der Waals surface area contributed by atoms with E-state index in [1.165, 1.54) is 0 Å². The molecule has 0 amide bonds. The number of aliphatic carboxylic acids is 1. The van der Waals surface area contributed by atoms with E-state index in [0.717, 1.165) is 6.42 Å². The number of nitrogens with two attached hydrogens (primary N) is 1. The highest BCUT2D eigenvalue weighted by Crippen LogP contribution is 2.38. The fourth-order valence-electron chi connectivity index (χ4n) is 6.89. The molecule has 3 rings (SSSR count). The van der Waals surface area contributed by atoms with Crippen molar-refractivity contribution in [2.45, 2.75) is 158 Å². The van der Waals surface area contributed by atoms with E-state index in [1.54, 1.807) is 55.5 Å². The lowest BCUT2D eigenvalue weighted by atomic mass is 9.83. The number of carboxylic acid groups (broad SMARTS) is 1. The molecule has 3 heterocycles. The number of esters is 1. The molecule has 0 spiro atoms. The number of aliphatic hydroxyl groups excluding tert-OH is 5. The molecular formula is C40H61NO14. The molecule has 2 saturated heterocycles. The maximum atomic E-state index is 12.6. The Balaban J connectivity index is 1.88. The first-order chi connectivity index (χ1) is 26.0. The number of hydrogen-bond acceptors (Lipinski definition) is 14. The van der Waals surface area contributed by atoms with Crippen LogP contribution in [0.5, 0.6) is 0 Å². The number of cyclic esters (lactones) is 1. The molecule has 15 nitrogen and oxygen atoms in total. The quantitative estimate of drug-likeness (QED) is 0.185. The third-order valence-electron chi connectivity index (χ3n) is 10.3. The summed E-state index contributed by atoms with van der Waals surface area (Å²) in [5.41, 5.74) is 6.00. The Labute approximate surface area is 322 Å². The summed E-state index contributed by atoms with van der Waals surface area (Å²) in [7, 11) is 0. The van der Waals surface area contributed by atoms with Gasteiger partial charge in [-0.2, -0.15) is 0 Å². The number of rotatable bonds is 5. The van der Waals surface area contributed by atoms with Gasteiger partial charge in [0.15, 0.2) is 12.1 Å². The van der Waals surface area contributed by atoms with Gasteiger partial charge in [-0.25, -0.2) is 0 Å². The van der Waals surface area contributed by atoms with E-state index in [4.69, 9.17) is 24.7 Å². The van der Waals surface area contributed by atoms with Gasteiger partial charge in [0.1, 0.15) is 23.9 Å². The minimum absolute atomic E-state index is 0.0218. The average molecular weight is 780 g/mol. The Hall–Kier alpha value is -3.09. The van der Waals surface area contributed by atoms with Gasteiger partial charge in [-0.3, -0.25) is 14.4 Å². The number of aliphatic hydroxyl groups is 6. The van der Waals surface area contributed by atoms with E-state index in [2.05, 4.69) is 0 Å². The first kappa shape index (κ1) is 46.3. The Bertz CT molecular complexity index is 1380. The van der Waals surface area contributed by atoms with E-state index in [0.29, 0.717) is 6.42 Å². The largest absolute Gasteiger partial charge is 0.481 e. The number of fused-ring (bicyclic) bond motifs is 2. The van der Waals surface area contributed by atoms with Crippen LogP contribution in [0.1, 0.15) is 85.0 Å². The summed E-state index contributed by atoms with van der Waals surface area (Å²) in [6.45, 7) is 5.51. The van der Waals surface area contributed by atoms with Crippen molar-refractivity contribution in [3.05, 3.63) is 60.8 Å². The van der Waals surface area contributed by atoms with Crippen molar-refractivity contribution in [2.75, 3.05) is 0 Å². The van der Waals surface area contributed by atoms with Gasteiger partial charge in [-0.1, -0.05) is 81.0 Å². The summed E-state index contributed by atoms with van der Waals surface area (Å²) in [5.74, 6) is -5.93. The van der Waals surface area contributed by atoms with Gasteiger partial charge in [0, 0.05) is 38.5 Å². The van der Waals surface area contributed by atoms with Crippen molar-refractivity contribution >= 4 is 17.7 Å². The van der Waals surface area contributed by atoms with Crippen molar-refractivity contribution in [1.29, 1.82) is 0 Å². The number of carbonyl (C=O) groups is 3. The first-order valence-corrected chi connectivity index (χ1v) is 19.2. The highest BCUT2D eigenvalue weighted by molar-refractivity contribution is 5.80. The average Bonchev–Trinajstić information content (AvgIpc) is 3.09. The number of carbonyl (C=O) groups excluding carboxylic acids is 2. The van der Waals surface area contributed by atoms with Crippen LogP contribution in [0.15, 0.2) is 60.8 Å². The molecule has 14 atom stereocenters. The maximum absolute atomic E-state index is 12.6. The third-order valence-corrected chi connectivity index (χ3v) is 10.3. The van der Waals surface area contributed by atoms with E-state index in [-0.39, 0.29) is 50.2 Å². The van der Waals surface area contributed by atoms with Gasteiger partial charge in [0.2, 0.25) is 0 Å². The second-order valence-corrected chi connectivity index (χ2v) is 14.9. The molecule has 0 aliphatic carbocycles. The monoisotopic (exact) mass is 779 g/mol. The number of ether oxygens (including phenoxy) is 4. The summed E-state index contributed by atoms with van der Waals surface area (Å²) >= 11 is 0. The highest BCUT2D eigenvalue weighted by atomic mass is 16.7. The number of carboxylic acids is 1. The predicted molar refractivity (Wildman–Crippen MR) is 200 cm³/mol. The molecule has 2 bridgehead atoms. The Morgan fingerprint density at radius 2 is 1.62 bits per heavy atom. The van der Waals surface area contributed by atoms with Crippen molar-refractivity contribution < 1.29 is 69.1 Å². The molecule has 15 heteroatoms. The van der Waals surface area contributed by atoms with E-state index in [1.807, 2.05) is 26.0 Å². The Morgan fingerprint density at radius 3 is 2.27 bits per heavy atom. The molecule has 0 aromatic rings. The molecular weight excluding hydrogens is 718 g/mol. The van der Waals surface area contributed by atoms with Crippen LogP contribution < -0.4 is 5.73 Å². The van der Waals surface area contributed by atoms with Crippen LogP contribution in [0.2, 0.25) is 0 Å². The van der Waals surface area contributed by atoms with Crippen LogP contribution in [0.3, 0.4) is 0 Å². The normalized spacial score (nSPS) is 41.7. The number of hydrogen-bond donors (Lipinski definition) is 8. The Morgan fingerprint density at radius 1 is 0.964 bits per heavy atom. The molecule has 3 aliphatic rings. The first-order valence-electron chi connectivity index (χ1n) is 19.2. The van der Waals surface area contributed by atoms with Crippen molar-refractivity contribution in [3.8, 4) is 0 Å². The minimum Gasteiger partial charge on any atom is -0.481 e. The molecule has 9 N–H and O–H groups in total. The van der Waals surface area contributed by atoms with Gasteiger partial charge in [0.25, 0.3) is 0 Å². The number of ketones is 1. The lowest BCUT2D eigenvalue weighted by Crippen LogP contribution is -2.61. The second-order valence-electron chi connectivity index (χ2n) is 14.9. The van der Waals surface area contributed by atoms with Crippen LogP contribution in [0.4, 0.5) is 0 Å². The summed E-state index contributed by atoms with van der Waals surface area (Å²) in [5, 5.41) is 74.7. The molecule has 55 heavy (non-hydrogen) atoms. The van der Waals surface area contributed by atoms with Crippen LogP contribution in [0, 0.1) is 11.8 Å². The van der Waals surface area contributed by atoms with Gasteiger partial charge in [0.05, 0.1) is 55.2 Å². The molecule has 9 unspecified atom stereocenters. The number of Topliss-reactive ketones (excluding diaryl/α,β-unsaturated/α-hetero) is 1. The SMILES string of the molecule is CCC(C)C1C/C=C/C=C/C=C/C=C/C=C/C(O[C@@H]2O[C@H](C)[C@@H](O)[C@H](N)[C@H]2O)CC2OC(O)(CC(O)CCCC(=O)CC(O)CC(=O)O1)CC(O)C2C(=O)O. The maximum Gasteiger partial charge on any atom is 0.311 e. The minimum atomic E-state index is -2.16. The van der Waals surface area contributed by atoms with Crippen molar-refractivity contribution in [1.82, 2.24) is 0 Å². The lowest BCUT2D eigenvalue weighted by molar-refractivity contribution is -0.308. The van der Waals surface area contributed by atoms with Crippen LogP contribution >= 0.6 is 0 Å². The molecule has 3 aliphatic heterocycles. The van der Waals surface area contributed by atoms with Crippen molar-refractivity contribution in [3.63, 3.8) is 0 Å². The van der Waals surface area contributed by atoms with Gasteiger partial charge >= 0.3 is 11.9 Å². The van der Waals surface area contributed by atoms with Crippen LogP contribution in [-0.2, 0) is 33.3 Å². The highest BCUT2D eigenvalue weighted by Gasteiger charge is 2.50. The Kier molecular flexibility index (Phi) is 19.0. The lowest BCUT2D eigenvalue weighted by Gasteiger charge is -2.45. The zero-order valence-electron chi connectivity index (χ0n) is 31.9. The third kappa shape index (κ3) is 15.1. The molecule has 2 fully saturated rings. The standard InChI is InChI=1S/C40H61NO14/c1-4-24(2)31-18-13-11-9-7-5-6-8-10-12-17-29(53-39-37(48)35(41)36(47)25(3)52-39)21-32-34(38(49)50)30(45)23-40(51,55-32)22-27(43)16-14-15-26(42)19-28(44)20-33(46)54-31/h5-13,17,24-25,27-32,34-37,39,43-45,47-48,51H,4,14-16,18-23,41H2,1-3H3,(H,49,50)/b6-5+,9-7+,10-8+,13-11+,17-12+/t24?,25-,27?,28?,29?,30?,31?,32?,34?,35+,36-,37-,39+,40?/m1/s1. The zero-order chi connectivity index (χ0) is 40.7. The van der Waals surface area contributed by atoms with E-state index >= 15 is 0 Å².